The number of aromatic nitrogens is 1. The van der Waals surface area contributed by atoms with Crippen molar-refractivity contribution < 1.29 is 4.42 Å². The summed E-state index contributed by atoms with van der Waals surface area (Å²) < 4.78 is 5.53. The largest absolute Gasteiger partial charge is 0.437 e. The summed E-state index contributed by atoms with van der Waals surface area (Å²) in [5.41, 5.74) is 7.38. The van der Waals surface area contributed by atoms with Gasteiger partial charge >= 0.3 is 0 Å². The summed E-state index contributed by atoms with van der Waals surface area (Å²) in [4.78, 5) is 5.58. The van der Waals surface area contributed by atoms with Gasteiger partial charge in [-0.25, -0.2) is 4.98 Å². The second-order valence-electron chi connectivity index (χ2n) is 3.67. The van der Waals surface area contributed by atoms with Crippen LogP contribution in [0.1, 0.15) is 21.9 Å². The van der Waals surface area contributed by atoms with Gasteiger partial charge in [0.2, 0.25) is 0 Å². The molecular weight excluding hydrogens is 264 g/mol. The lowest BCUT2D eigenvalue weighted by molar-refractivity contribution is 0.431. The molecule has 0 radical (unpaired) electrons. The molecule has 2 rings (SSSR count). The van der Waals surface area contributed by atoms with Crippen molar-refractivity contribution in [3.05, 3.63) is 33.3 Å². The van der Waals surface area contributed by atoms with E-state index in [1.807, 2.05) is 25.3 Å². The van der Waals surface area contributed by atoms with Crippen LogP contribution in [0.4, 0.5) is 0 Å². The van der Waals surface area contributed by atoms with Gasteiger partial charge in [-0.15, -0.1) is 11.3 Å². The monoisotopic (exact) mass is 278 g/mol. The lowest BCUT2D eigenvalue weighted by atomic mass is 10.3. The number of oxazole rings is 1. The van der Waals surface area contributed by atoms with E-state index in [-0.39, 0.29) is 0 Å². The first kappa shape index (κ1) is 13.2. The molecule has 5 heteroatoms. The van der Waals surface area contributed by atoms with Crippen LogP contribution in [-0.2, 0) is 5.75 Å². The smallest absolute Gasteiger partial charge is 0.256 e. The van der Waals surface area contributed by atoms with Gasteiger partial charge in [-0.2, -0.15) is 0 Å². The van der Waals surface area contributed by atoms with Gasteiger partial charge in [0.1, 0.15) is 5.76 Å². The minimum Gasteiger partial charge on any atom is -0.437 e. The molecule has 0 aliphatic rings. The van der Waals surface area contributed by atoms with Crippen LogP contribution in [0.5, 0.6) is 0 Å². The molecule has 94 valence electrons. The highest BCUT2D eigenvalue weighted by molar-refractivity contribution is 7.98. The lowest BCUT2D eigenvalue weighted by Crippen LogP contribution is -1.93. The second-order valence-corrected chi connectivity index (χ2v) is 5.60. The van der Waals surface area contributed by atoms with Gasteiger partial charge in [0.25, 0.3) is 5.22 Å². The Morgan fingerprint density at radius 3 is 3.00 bits per heavy atom. The van der Waals surface area contributed by atoms with Gasteiger partial charge in [0.05, 0.1) is 12.2 Å². The third-order valence-corrected chi connectivity index (χ3v) is 4.36. The minimum absolute atomic E-state index is 0.389. The quantitative estimate of drug-likeness (QED) is 0.693. The molecule has 0 amide bonds. The maximum Gasteiger partial charge on any atom is 0.256 e. The van der Waals surface area contributed by atoms with Crippen molar-refractivity contribution in [2.24, 2.45) is 5.73 Å². The number of thiophene rings is 1. The fourth-order valence-corrected chi connectivity index (χ4v) is 3.20. The van der Waals surface area contributed by atoms with Crippen LogP contribution in [0.2, 0.25) is 0 Å². The van der Waals surface area contributed by atoms with E-state index in [4.69, 9.17) is 10.2 Å². The fraction of sp³-hybridized carbons (Fsp3) is 0.308. The standard InChI is InChI=1S/C13H14N2OS2/c1-9-10(2)16-13(15-9)18-8-12-11(4-3-6-14)5-7-17-12/h5,7H,6,8,14H2,1-2H3. The van der Waals surface area contributed by atoms with E-state index < -0.39 is 0 Å². The molecule has 0 atom stereocenters. The van der Waals surface area contributed by atoms with Crippen LogP contribution in [-0.4, -0.2) is 11.5 Å². The first-order chi connectivity index (χ1) is 8.70. The van der Waals surface area contributed by atoms with Crippen molar-refractivity contribution in [1.29, 1.82) is 0 Å². The van der Waals surface area contributed by atoms with Crippen LogP contribution < -0.4 is 5.73 Å². The number of hydrogen-bond acceptors (Lipinski definition) is 5. The average Bonchev–Trinajstić information content (AvgIpc) is 2.92. The number of nitrogens with zero attached hydrogens (tertiary/aromatic N) is 1. The first-order valence-corrected chi connectivity index (χ1v) is 7.39. The fourth-order valence-electron chi connectivity index (χ4n) is 1.34. The predicted octanol–water partition coefficient (Wildman–Crippen LogP) is 2.96. The van der Waals surface area contributed by atoms with Crippen molar-refractivity contribution in [2.45, 2.75) is 24.8 Å². The summed E-state index contributed by atoms with van der Waals surface area (Å²) >= 11 is 3.29. The molecule has 0 aliphatic heterocycles. The molecule has 0 fully saturated rings. The van der Waals surface area contributed by atoms with E-state index in [9.17, 15) is 0 Å². The van der Waals surface area contributed by atoms with Gasteiger partial charge in [0.15, 0.2) is 0 Å². The van der Waals surface area contributed by atoms with E-state index in [2.05, 4.69) is 16.8 Å². The van der Waals surface area contributed by atoms with Crippen LogP contribution >= 0.6 is 23.1 Å². The number of hydrogen-bond donors (Lipinski definition) is 1. The van der Waals surface area contributed by atoms with Crippen LogP contribution in [0, 0.1) is 25.7 Å². The van der Waals surface area contributed by atoms with Crippen LogP contribution in [0.3, 0.4) is 0 Å². The maximum atomic E-state index is 5.53. The highest BCUT2D eigenvalue weighted by atomic mass is 32.2. The maximum absolute atomic E-state index is 5.53. The molecule has 0 saturated carbocycles. The van der Waals surface area contributed by atoms with Crippen LogP contribution in [0.15, 0.2) is 21.1 Å². The molecule has 2 aromatic heterocycles. The number of nitrogens with two attached hydrogens (primary N) is 1. The van der Waals surface area contributed by atoms with Crippen LogP contribution in [0.25, 0.3) is 0 Å². The second kappa shape index (κ2) is 6.10. The SMILES string of the molecule is Cc1nc(SCc2sccc2C#CCN)oc1C. The Bertz CT molecular complexity index is 570. The summed E-state index contributed by atoms with van der Waals surface area (Å²) in [6.07, 6.45) is 0. The summed E-state index contributed by atoms with van der Waals surface area (Å²) in [6.45, 7) is 4.27. The van der Waals surface area contributed by atoms with Crippen molar-refractivity contribution in [1.82, 2.24) is 4.98 Å². The number of rotatable bonds is 3. The predicted molar refractivity (Wildman–Crippen MR) is 75.8 cm³/mol. The molecule has 2 N–H and O–H groups in total. The Labute approximate surface area is 115 Å². The third kappa shape index (κ3) is 3.16. The normalized spacial score (nSPS) is 10.2. The van der Waals surface area contributed by atoms with E-state index in [1.54, 1.807) is 23.1 Å². The number of aryl methyl sites for hydroxylation is 2. The average molecular weight is 278 g/mol. The lowest BCUT2D eigenvalue weighted by Gasteiger charge is -1.95. The Hall–Kier alpha value is -1.22. The van der Waals surface area contributed by atoms with Crippen molar-refractivity contribution in [2.75, 3.05) is 6.54 Å². The highest BCUT2D eigenvalue weighted by Gasteiger charge is 2.08. The minimum atomic E-state index is 0.389. The van der Waals surface area contributed by atoms with Gasteiger partial charge in [-0.3, -0.25) is 0 Å². The topological polar surface area (TPSA) is 52.0 Å². The Morgan fingerprint density at radius 2 is 2.33 bits per heavy atom. The Kier molecular flexibility index (Phi) is 4.48. The molecule has 3 nitrogen and oxygen atoms in total. The Morgan fingerprint density at radius 1 is 1.50 bits per heavy atom. The van der Waals surface area contributed by atoms with Gasteiger partial charge in [-0.1, -0.05) is 23.6 Å². The molecule has 0 aromatic carbocycles. The summed E-state index contributed by atoms with van der Waals surface area (Å²) in [7, 11) is 0. The molecule has 0 saturated heterocycles. The highest BCUT2D eigenvalue weighted by Crippen LogP contribution is 2.28. The van der Waals surface area contributed by atoms with Crippen molar-refractivity contribution in [3.8, 4) is 11.8 Å². The molecule has 2 heterocycles. The molecule has 0 unspecified atom stereocenters. The zero-order valence-corrected chi connectivity index (χ0v) is 12.0. The summed E-state index contributed by atoms with van der Waals surface area (Å²) in [6, 6.07) is 2.02. The summed E-state index contributed by atoms with van der Waals surface area (Å²) in [5.74, 6) is 7.66. The van der Waals surface area contributed by atoms with E-state index in [0.29, 0.717) is 6.54 Å². The van der Waals surface area contributed by atoms with Gasteiger partial charge < -0.3 is 10.2 Å². The number of thioether (sulfide) groups is 1. The molecule has 0 bridgehead atoms. The first-order valence-electron chi connectivity index (χ1n) is 5.53. The van der Waals surface area contributed by atoms with E-state index in [1.165, 1.54) is 4.88 Å². The molecular formula is C13H14N2OS2. The zero-order chi connectivity index (χ0) is 13.0. The van der Waals surface area contributed by atoms with Gasteiger partial charge in [0, 0.05) is 16.2 Å². The van der Waals surface area contributed by atoms with E-state index >= 15 is 0 Å². The molecule has 0 aliphatic carbocycles. The zero-order valence-electron chi connectivity index (χ0n) is 10.3. The van der Waals surface area contributed by atoms with Crippen molar-refractivity contribution in [3.63, 3.8) is 0 Å². The summed E-state index contributed by atoms with van der Waals surface area (Å²) in [5, 5.41) is 2.76. The Balaban J connectivity index is 2.04. The van der Waals surface area contributed by atoms with E-state index in [0.717, 1.165) is 28.0 Å². The third-order valence-electron chi connectivity index (χ3n) is 2.41. The molecule has 2 aromatic rings. The van der Waals surface area contributed by atoms with Gasteiger partial charge in [-0.05, 0) is 25.3 Å². The molecule has 18 heavy (non-hydrogen) atoms. The molecule has 0 spiro atoms. The van der Waals surface area contributed by atoms with Crippen molar-refractivity contribution >= 4 is 23.1 Å².